The van der Waals surface area contributed by atoms with Gasteiger partial charge in [-0.3, -0.25) is 9.67 Å². The molecular formula is C21H17F3N6. The molecule has 30 heavy (non-hydrogen) atoms. The lowest BCUT2D eigenvalue weighted by Gasteiger charge is -2.12. The van der Waals surface area contributed by atoms with E-state index in [1.165, 1.54) is 12.4 Å². The number of rotatable bonds is 5. The molecule has 1 N–H and O–H groups in total. The predicted octanol–water partition coefficient (Wildman–Crippen LogP) is 4.57. The first-order chi connectivity index (χ1) is 14.4. The third-order valence-electron chi connectivity index (χ3n) is 4.38. The molecule has 0 saturated carbocycles. The highest BCUT2D eigenvalue weighted by molar-refractivity contribution is 5.63. The Kier molecular flexibility index (Phi) is 5.18. The number of aryl methyl sites for hydroxylation is 1. The maximum Gasteiger partial charge on any atom is 0.433 e. The average Bonchev–Trinajstić information content (AvgIpc) is 3.19. The molecule has 0 unspecified atom stereocenters. The van der Waals surface area contributed by atoms with Crippen molar-refractivity contribution in [3.8, 4) is 22.5 Å². The minimum Gasteiger partial charge on any atom is -0.366 e. The normalized spacial score (nSPS) is 11.5. The van der Waals surface area contributed by atoms with Crippen molar-refractivity contribution < 1.29 is 13.2 Å². The molecule has 0 amide bonds. The van der Waals surface area contributed by atoms with Crippen molar-refractivity contribution in [3.05, 3.63) is 78.5 Å². The van der Waals surface area contributed by atoms with Gasteiger partial charge in [-0.05, 0) is 29.3 Å². The fourth-order valence-corrected chi connectivity index (χ4v) is 2.93. The number of alkyl halides is 3. The summed E-state index contributed by atoms with van der Waals surface area (Å²) in [5.74, 6) is 0.0486. The van der Waals surface area contributed by atoms with Gasteiger partial charge < -0.3 is 5.32 Å². The van der Waals surface area contributed by atoms with Crippen LogP contribution in [0.5, 0.6) is 0 Å². The van der Waals surface area contributed by atoms with E-state index in [0.29, 0.717) is 12.1 Å². The fourth-order valence-electron chi connectivity index (χ4n) is 2.93. The number of benzene rings is 1. The maximum absolute atomic E-state index is 13.3. The third kappa shape index (κ3) is 4.45. The van der Waals surface area contributed by atoms with E-state index in [9.17, 15) is 13.2 Å². The maximum atomic E-state index is 13.3. The van der Waals surface area contributed by atoms with Crippen LogP contribution < -0.4 is 5.32 Å². The minimum absolute atomic E-state index is 0.0375. The molecule has 0 spiro atoms. The standard InChI is InChI=1S/C21H17F3N6/c1-30-13-17(12-27-30)15-5-2-4-14(8-15)10-26-19-9-18(21(22,23)24)28-20(29-19)16-6-3-7-25-11-16/h2-9,11-13H,10H2,1H3,(H,26,28,29). The lowest BCUT2D eigenvalue weighted by molar-refractivity contribution is -0.141. The van der Waals surface area contributed by atoms with E-state index in [1.54, 1.807) is 23.0 Å². The van der Waals surface area contributed by atoms with Crippen LogP contribution in [0.4, 0.5) is 19.0 Å². The molecule has 0 aliphatic heterocycles. The van der Waals surface area contributed by atoms with E-state index in [0.717, 1.165) is 22.8 Å². The molecule has 0 saturated heterocycles. The number of pyridine rings is 1. The summed E-state index contributed by atoms with van der Waals surface area (Å²) in [5.41, 5.74) is 2.22. The largest absolute Gasteiger partial charge is 0.433 e. The van der Waals surface area contributed by atoms with E-state index in [1.807, 2.05) is 37.5 Å². The van der Waals surface area contributed by atoms with Crippen LogP contribution in [0.2, 0.25) is 0 Å². The lowest BCUT2D eigenvalue weighted by Crippen LogP contribution is -2.12. The Hall–Kier alpha value is -3.75. The molecule has 152 valence electrons. The molecular weight excluding hydrogens is 393 g/mol. The van der Waals surface area contributed by atoms with Crippen LogP contribution in [-0.4, -0.2) is 24.7 Å². The van der Waals surface area contributed by atoms with Crippen LogP contribution >= 0.6 is 0 Å². The molecule has 0 atom stereocenters. The predicted molar refractivity (Wildman–Crippen MR) is 106 cm³/mol. The number of hydrogen-bond acceptors (Lipinski definition) is 5. The number of anilines is 1. The Balaban J connectivity index is 1.60. The lowest BCUT2D eigenvalue weighted by atomic mass is 10.1. The Bertz CT molecular complexity index is 1150. The Morgan fingerprint density at radius 3 is 2.50 bits per heavy atom. The number of aromatic nitrogens is 5. The van der Waals surface area contributed by atoms with Gasteiger partial charge in [-0.1, -0.05) is 18.2 Å². The summed E-state index contributed by atoms with van der Waals surface area (Å²) in [7, 11) is 1.84. The topological polar surface area (TPSA) is 68.5 Å². The summed E-state index contributed by atoms with van der Waals surface area (Å²) in [6, 6.07) is 11.8. The van der Waals surface area contributed by atoms with Crippen molar-refractivity contribution >= 4 is 5.82 Å². The van der Waals surface area contributed by atoms with Crippen molar-refractivity contribution in [1.29, 1.82) is 0 Å². The van der Waals surface area contributed by atoms with Gasteiger partial charge >= 0.3 is 6.18 Å². The van der Waals surface area contributed by atoms with Crippen LogP contribution in [0.3, 0.4) is 0 Å². The molecule has 9 heteroatoms. The number of halogens is 3. The summed E-state index contributed by atoms with van der Waals surface area (Å²) in [6.45, 7) is 0.300. The van der Waals surface area contributed by atoms with Gasteiger partial charge in [0.05, 0.1) is 6.20 Å². The summed E-state index contributed by atoms with van der Waals surface area (Å²) >= 11 is 0. The smallest absolute Gasteiger partial charge is 0.366 e. The zero-order valence-electron chi connectivity index (χ0n) is 15.9. The van der Waals surface area contributed by atoms with Gasteiger partial charge in [0, 0.05) is 49.4 Å². The first-order valence-corrected chi connectivity index (χ1v) is 9.07. The quantitative estimate of drug-likeness (QED) is 0.522. The van der Waals surface area contributed by atoms with E-state index >= 15 is 0 Å². The van der Waals surface area contributed by atoms with Gasteiger partial charge in [-0.2, -0.15) is 18.3 Å². The van der Waals surface area contributed by atoms with Gasteiger partial charge in [-0.25, -0.2) is 9.97 Å². The fraction of sp³-hybridized carbons (Fsp3) is 0.143. The number of nitrogens with one attached hydrogen (secondary N) is 1. The first kappa shape index (κ1) is 19.6. The van der Waals surface area contributed by atoms with Gasteiger partial charge in [0.15, 0.2) is 11.5 Å². The van der Waals surface area contributed by atoms with Crippen LogP contribution in [0.25, 0.3) is 22.5 Å². The molecule has 4 rings (SSSR count). The molecule has 0 aliphatic carbocycles. The molecule has 0 aliphatic rings. The van der Waals surface area contributed by atoms with Crippen molar-refractivity contribution in [2.24, 2.45) is 7.05 Å². The van der Waals surface area contributed by atoms with Gasteiger partial charge in [0.2, 0.25) is 0 Å². The molecule has 0 bridgehead atoms. The van der Waals surface area contributed by atoms with Crippen LogP contribution in [-0.2, 0) is 19.8 Å². The van der Waals surface area contributed by atoms with Crippen molar-refractivity contribution in [3.63, 3.8) is 0 Å². The molecule has 4 aromatic rings. The number of nitrogens with zero attached hydrogens (tertiary/aromatic N) is 5. The summed E-state index contributed by atoms with van der Waals surface area (Å²) < 4.78 is 41.7. The van der Waals surface area contributed by atoms with Crippen molar-refractivity contribution in [2.75, 3.05) is 5.32 Å². The highest BCUT2D eigenvalue weighted by Gasteiger charge is 2.33. The van der Waals surface area contributed by atoms with Crippen LogP contribution in [0.1, 0.15) is 11.3 Å². The molecule has 0 fully saturated rings. The monoisotopic (exact) mass is 410 g/mol. The SMILES string of the molecule is Cn1cc(-c2cccc(CNc3cc(C(F)(F)F)nc(-c4cccnc4)n3)c2)cn1. The molecule has 1 aromatic carbocycles. The summed E-state index contributed by atoms with van der Waals surface area (Å²) in [6.07, 6.45) is 2.03. The Morgan fingerprint density at radius 2 is 1.80 bits per heavy atom. The van der Waals surface area contributed by atoms with Crippen LogP contribution in [0, 0.1) is 0 Å². The number of hydrogen-bond donors (Lipinski definition) is 1. The van der Waals surface area contributed by atoms with Gasteiger partial charge in [-0.15, -0.1) is 0 Å². The Morgan fingerprint density at radius 1 is 0.967 bits per heavy atom. The molecule has 3 heterocycles. The van der Waals surface area contributed by atoms with E-state index in [2.05, 4.69) is 25.4 Å². The van der Waals surface area contributed by atoms with E-state index in [4.69, 9.17) is 0 Å². The second-order valence-corrected chi connectivity index (χ2v) is 6.66. The highest BCUT2D eigenvalue weighted by atomic mass is 19.4. The second kappa shape index (κ2) is 7.94. The van der Waals surface area contributed by atoms with E-state index < -0.39 is 11.9 Å². The third-order valence-corrected chi connectivity index (χ3v) is 4.38. The molecule has 6 nitrogen and oxygen atoms in total. The first-order valence-electron chi connectivity index (χ1n) is 9.07. The second-order valence-electron chi connectivity index (χ2n) is 6.66. The van der Waals surface area contributed by atoms with Crippen molar-refractivity contribution in [2.45, 2.75) is 12.7 Å². The van der Waals surface area contributed by atoms with Crippen molar-refractivity contribution in [1.82, 2.24) is 24.7 Å². The van der Waals surface area contributed by atoms with E-state index in [-0.39, 0.29) is 11.6 Å². The highest BCUT2D eigenvalue weighted by Crippen LogP contribution is 2.31. The minimum atomic E-state index is -4.59. The molecule has 0 radical (unpaired) electrons. The van der Waals surface area contributed by atoms with Gasteiger partial charge in [0.25, 0.3) is 0 Å². The van der Waals surface area contributed by atoms with Gasteiger partial charge in [0.1, 0.15) is 5.82 Å². The molecule has 3 aromatic heterocycles. The van der Waals surface area contributed by atoms with Crippen LogP contribution in [0.15, 0.2) is 67.3 Å². The summed E-state index contributed by atoms with van der Waals surface area (Å²) in [5, 5.41) is 7.14. The zero-order chi connectivity index (χ0) is 21.1. The zero-order valence-corrected chi connectivity index (χ0v) is 15.9. The Labute approximate surface area is 170 Å². The average molecular weight is 410 g/mol. The summed E-state index contributed by atoms with van der Waals surface area (Å²) in [4.78, 5) is 11.8.